The summed E-state index contributed by atoms with van der Waals surface area (Å²) in [6.07, 6.45) is 0.930. The molecule has 0 atom stereocenters. The number of anilines is 2. The van der Waals surface area contributed by atoms with Crippen molar-refractivity contribution in [3.8, 4) is 5.88 Å². The molecule has 0 unspecified atom stereocenters. The molecule has 1 aromatic heterocycles. The van der Waals surface area contributed by atoms with Crippen molar-refractivity contribution in [1.29, 1.82) is 0 Å². The van der Waals surface area contributed by atoms with Crippen molar-refractivity contribution in [2.24, 2.45) is 0 Å². The Kier molecular flexibility index (Phi) is 4.02. The van der Waals surface area contributed by atoms with Gasteiger partial charge in [-0.2, -0.15) is 4.98 Å². The summed E-state index contributed by atoms with van der Waals surface area (Å²) < 4.78 is 5.07. The summed E-state index contributed by atoms with van der Waals surface area (Å²) >= 11 is 0. The van der Waals surface area contributed by atoms with Crippen LogP contribution in [0.25, 0.3) is 0 Å². The van der Waals surface area contributed by atoms with Gasteiger partial charge in [-0.3, -0.25) is 0 Å². The van der Waals surface area contributed by atoms with Gasteiger partial charge in [-0.1, -0.05) is 18.2 Å². The lowest BCUT2D eigenvalue weighted by Gasteiger charge is -2.07. The van der Waals surface area contributed by atoms with Crippen molar-refractivity contribution in [2.45, 2.75) is 6.42 Å². The Bertz CT molecular complexity index is 497. The molecule has 0 saturated carbocycles. The number of hydrogen-bond acceptors (Lipinski definition) is 4. The molecular weight excluding hydrogens is 226 g/mol. The average Bonchev–Trinajstić information content (AvgIpc) is 2.41. The molecule has 4 heteroatoms. The molecule has 1 aromatic carbocycles. The number of hydrogen-bond donors (Lipinski definition) is 2. The van der Waals surface area contributed by atoms with Crippen LogP contribution in [0.3, 0.4) is 0 Å². The van der Waals surface area contributed by atoms with Crippen LogP contribution < -0.4 is 15.8 Å². The highest BCUT2D eigenvalue weighted by atomic mass is 16.5. The van der Waals surface area contributed by atoms with Gasteiger partial charge < -0.3 is 15.8 Å². The second-order valence-corrected chi connectivity index (χ2v) is 3.98. The Labute approximate surface area is 107 Å². The second-order valence-electron chi connectivity index (χ2n) is 3.98. The number of benzene rings is 1. The van der Waals surface area contributed by atoms with E-state index in [4.69, 9.17) is 10.5 Å². The largest absolute Gasteiger partial charge is 0.481 e. The number of nitrogens with one attached hydrogen (secondary N) is 1. The number of nitrogens with two attached hydrogens (primary N) is 1. The first-order valence-electron chi connectivity index (χ1n) is 5.87. The van der Waals surface area contributed by atoms with E-state index in [-0.39, 0.29) is 0 Å². The highest BCUT2D eigenvalue weighted by Crippen LogP contribution is 2.11. The number of nitrogen functional groups attached to an aromatic ring is 1. The first-order valence-corrected chi connectivity index (χ1v) is 5.87. The lowest BCUT2D eigenvalue weighted by Crippen LogP contribution is -2.06. The van der Waals surface area contributed by atoms with Gasteiger partial charge in [-0.25, -0.2) is 0 Å². The summed E-state index contributed by atoms with van der Waals surface area (Å²) in [7, 11) is 1.61. The quantitative estimate of drug-likeness (QED) is 0.791. The molecule has 2 aromatic rings. The number of pyridine rings is 1. The zero-order chi connectivity index (χ0) is 12.8. The fourth-order valence-electron chi connectivity index (χ4n) is 1.65. The van der Waals surface area contributed by atoms with E-state index in [1.807, 2.05) is 42.5 Å². The Balaban J connectivity index is 1.86. The molecule has 18 heavy (non-hydrogen) atoms. The summed E-state index contributed by atoms with van der Waals surface area (Å²) in [5.41, 5.74) is 7.68. The third-order valence-electron chi connectivity index (χ3n) is 2.63. The van der Waals surface area contributed by atoms with Crippen LogP contribution in [0.5, 0.6) is 5.88 Å². The zero-order valence-electron chi connectivity index (χ0n) is 10.4. The summed E-state index contributed by atoms with van der Waals surface area (Å²) in [6, 6.07) is 13.6. The molecular formula is C14H17N3O. The summed E-state index contributed by atoms with van der Waals surface area (Å²) in [5.74, 6) is 1.44. The van der Waals surface area contributed by atoms with Crippen LogP contribution in [0.1, 0.15) is 5.56 Å². The van der Waals surface area contributed by atoms with Gasteiger partial charge in [0, 0.05) is 18.3 Å². The van der Waals surface area contributed by atoms with Crippen molar-refractivity contribution in [1.82, 2.24) is 4.98 Å². The van der Waals surface area contributed by atoms with Crippen molar-refractivity contribution >= 4 is 11.5 Å². The van der Waals surface area contributed by atoms with Gasteiger partial charge in [0.1, 0.15) is 5.82 Å². The van der Waals surface area contributed by atoms with E-state index in [1.165, 1.54) is 5.56 Å². The maximum Gasteiger partial charge on any atom is 0.214 e. The monoisotopic (exact) mass is 243 g/mol. The number of nitrogens with zero attached hydrogens (tertiary/aromatic N) is 1. The molecule has 0 saturated heterocycles. The number of methoxy groups -OCH3 is 1. The number of rotatable bonds is 5. The third-order valence-corrected chi connectivity index (χ3v) is 2.63. The van der Waals surface area contributed by atoms with E-state index in [9.17, 15) is 0 Å². The minimum absolute atomic E-state index is 0.618. The summed E-state index contributed by atoms with van der Waals surface area (Å²) in [4.78, 5) is 4.28. The molecule has 0 bridgehead atoms. The van der Waals surface area contributed by atoms with Crippen LogP contribution in [-0.2, 0) is 6.42 Å². The molecule has 4 nitrogen and oxygen atoms in total. The Morgan fingerprint density at radius 2 is 1.94 bits per heavy atom. The summed E-state index contributed by atoms with van der Waals surface area (Å²) in [5, 5.41) is 3.26. The number of ether oxygens (including phenoxy) is 1. The minimum atomic E-state index is 0.618. The molecule has 0 aliphatic heterocycles. The van der Waals surface area contributed by atoms with Gasteiger partial charge in [0.2, 0.25) is 5.88 Å². The van der Waals surface area contributed by atoms with Gasteiger partial charge >= 0.3 is 0 Å². The van der Waals surface area contributed by atoms with Gasteiger partial charge in [0.05, 0.1) is 7.11 Å². The van der Waals surface area contributed by atoms with Crippen LogP contribution in [0.4, 0.5) is 11.5 Å². The predicted octanol–water partition coefficient (Wildman–Crippen LogP) is 2.33. The molecule has 2 rings (SSSR count). The number of aromatic nitrogens is 1. The normalized spacial score (nSPS) is 10.1. The van der Waals surface area contributed by atoms with Crippen molar-refractivity contribution in [3.63, 3.8) is 0 Å². The first-order chi connectivity index (χ1) is 8.78. The third kappa shape index (κ3) is 3.38. The van der Waals surface area contributed by atoms with E-state index < -0.39 is 0 Å². The average molecular weight is 243 g/mol. The molecule has 0 amide bonds. The van der Waals surface area contributed by atoms with E-state index in [0.717, 1.165) is 24.5 Å². The van der Waals surface area contributed by atoms with Crippen LogP contribution >= 0.6 is 0 Å². The van der Waals surface area contributed by atoms with Gasteiger partial charge in [0.15, 0.2) is 0 Å². The Morgan fingerprint density at radius 3 is 2.67 bits per heavy atom. The molecule has 0 aliphatic carbocycles. The molecule has 0 spiro atoms. The Morgan fingerprint density at radius 1 is 1.17 bits per heavy atom. The van der Waals surface area contributed by atoms with Crippen LogP contribution in [0.15, 0.2) is 42.5 Å². The SMILES string of the molecule is COc1cccc(NCCc2ccc(N)cc2)n1. The zero-order valence-corrected chi connectivity index (χ0v) is 10.4. The maximum atomic E-state index is 5.64. The topological polar surface area (TPSA) is 60.2 Å². The molecule has 0 fully saturated rings. The van der Waals surface area contributed by atoms with Crippen LogP contribution in [0.2, 0.25) is 0 Å². The molecule has 94 valence electrons. The first kappa shape index (κ1) is 12.2. The molecule has 0 radical (unpaired) electrons. The fourth-order valence-corrected chi connectivity index (χ4v) is 1.65. The van der Waals surface area contributed by atoms with Gasteiger partial charge in [0.25, 0.3) is 0 Å². The van der Waals surface area contributed by atoms with Crippen molar-refractivity contribution < 1.29 is 4.74 Å². The van der Waals surface area contributed by atoms with E-state index in [1.54, 1.807) is 7.11 Å². The predicted molar refractivity (Wildman–Crippen MR) is 73.8 cm³/mol. The smallest absolute Gasteiger partial charge is 0.214 e. The highest BCUT2D eigenvalue weighted by Gasteiger charge is 1.97. The summed E-state index contributed by atoms with van der Waals surface area (Å²) in [6.45, 7) is 0.823. The highest BCUT2D eigenvalue weighted by molar-refractivity contribution is 5.40. The second kappa shape index (κ2) is 5.91. The van der Waals surface area contributed by atoms with E-state index in [2.05, 4.69) is 10.3 Å². The molecule has 3 N–H and O–H groups in total. The van der Waals surface area contributed by atoms with Gasteiger partial charge in [-0.05, 0) is 30.2 Å². The van der Waals surface area contributed by atoms with Gasteiger partial charge in [-0.15, -0.1) is 0 Å². The lowest BCUT2D eigenvalue weighted by atomic mass is 10.1. The van der Waals surface area contributed by atoms with Crippen molar-refractivity contribution in [2.75, 3.05) is 24.7 Å². The van der Waals surface area contributed by atoms with Crippen LogP contribution in [-0.4, -0.2) is 18.6 Å². The molecule has 1 heterocycles. The van der Waals surface area contributed by atoms with E-state index in [0.29, 0.717) is 5.88 Å². The maximum absolute atomic E-state index is 5.64. The Hall–Kier alpha value is -2.23. The van der Waals surface area contributed by atoms with E-state index >= 15 is 0 Å². The standard InChI is InChI=1S/C14H17N3O/c1-18-14-4-2-3-13(17-14)16-10-9-11-5-7-12(15)8-6-11/h2-8H,9-10,15H2,1H3,(H,16,17). The fraction of sp³-hybridized carbons (Fsp3) is 0.214. The molecule has 0 aliphatic rings. The lowest BCUT2D eigenvalue weighted by molar-refractivity contribution is 0.398. The van der Waals surface area contributed by atoms with Crippen molar-refractivity contribution in [3.05, 3.63) is 48.0 Å². The minimum Gasteiger partial charge on any atom is -0.481 e. The van der Waals surface area contributed by atoms with Crippen LogP contribution in [0, 0.1) is 0 Å².